The first-order valence-corrected chi connectivity index (χ1v) is 11.1. The van der Waals surface area contributed by atoms with Crippen LogP contribution < -0.4 is 5.32 Å². The molecule has 3 heterocycles. The van der Waals surface area contributed by atoms with Crippen LogP contribution in [-0.4, -0.2) is 34.8 Å². The van der Waals surface area contributed by atoms with Gasteiger partial charge in [0.15, 0.2) is 0 Å². The minimum Gasteiger partial charge on any atom is -0.339 e. The largest absolute Gasteiger partial charge is 0.339 e. The molecule has 0 spiro atoms. The lowest BCUT2D eigenvalue weighted by molar-refractivity contribution is 0.0725. The Kier molecular flexibility index (Phi) is 6.16. The Balaban J connectivity index is 1.72. The average Bonchev–Trinajstić information content (AvgIpc) is 3.10. The number of amides is 2. The lowest BCUT2D eigenvalue weighted by Gasteiger charge is -2.27. The number of likely N-dealkylation sites (tertiary alicyclic amines) is 1. The summed E-state index contributed by atoms with van der Waals surface area (Å²) >= 11 is 7.26. The number of piperidine rings is 1. The molecule has 0 atom stereocenters. The predicted molar refractivity (Wildman–Crippen MR) is 121 cm³/mol. The summed E-state index contributed by atoms with van der Waals surface area (Å²) in [6.45, 7) is 3.46. The van der Waals surface area contributed by atoms with Crippen molar-refractivity contribution in [3.63, 3.8) is 0 Å². The molecule has 4 rings (SSSR count). The molecular weight excluding hydrogens is 418 g/mol. The van der Waals surface area contributed by atoms with Gasteiger partial charge in [-0.2, -0.15) is 0 Å². The van der Waals surface area contributed by atoms with Crippen LogP contribution in [0.25, 0.3) is 10.4 Å². The molecule has 30 heavy (non-hydrogen) atoms. The number of aromatic nitrogens is 1. The van der Waals surface area contributed by atoms with Crippen LogP contribution >= 0.6 is 22.9 Å². The number of carbonyl (C=O) groups excluding carboxylic acids is 2. The highest BCUT2D eigenvalue weighted by Gasteiger charge is 2.28. The zero-order valence-electron chi connectivity index (χ0n) is 16.7. The molecule has 7 heteroatoms. The Morgan fingerprint density at radius 1 is 1.07 bits per heavy atom. The van der Waals surface area contributed by atoms with E-state index >= 15 is 0 Å². The van der Waals surface area contributed by atoms with E-state index in [4.69, 9.17) is 11.6 Å². The smallest absolute Gasteiger partial charge is 0.257 e. The van der Waals surface area contributed by atoms with Crippen LogP contribution in [0.4, 0.5) is 5.00 Å². The lowest BCUT2D eigenvalue weighted by Crippen LogP contribution is -2.36. The fraction of sp³-hybridized carbons (Fsp3) is 0.261. The predicted octanol–water partition coefficient (Wildman–Crippen LogP) is 5.65. The van der Waals surface area contributed by atoms with Crippen LogP contribution in [-0.2, 0) is 0 Å². The molecule has 1 saturated heterocycles. The van der Waals surface area contributed by atoms with Gasteiger partial charge in [0.05, 0.1) is 11.1 Å². The molecule has 1 aromatic carbocycles. The quantitative estimate of drug-likeness (QED) is 0.534. The second-order valence-electron chi connectivity index (χ2n) is 7.30. The number of nitrogens with zero attached hydrogens (tertiary/aromatic N) is 2. The molecule has 3 aromatic rings. The Bertz CT molecular complexity index is 1060. The SMILES string of the molecule is Cc1c(-c2ccccc2)sc(NC(=O)c2ccc(Cl)nc2)c1C(=O)N1CCCCC1. The van der Waals surface area contributed by atoms with Gasteiger partial charge in [-0.1, -0.05) is 41.9 Å². The van der Waals surface area contributed by atoms with Crippen molar-refractivity contribution >= 4 is 39.8 Å². The van der Waals surface area contributed by atoms with Gasteiger partial charge < -0.3 is 10.2 Å². The van der Waals surface area contributed by atoms with E-state index in [9.17, 15) is 9.59 Å². The maximum atomic E-state index is 13.4. The topological polar surface area (TPSA) is 62.3 Å². The third-order valence-corrected chi connectivity index (χ3v) is 6.74. The molecule has 0 saturated carbocycles. The summed E-state index contributed by atoms with van der Waals surface area (Å²) < 4.78 is 0. The van der Waals surface area contributed by atoms with Crippen LogP contribution in [0.5, 0.6) is 0 Å². The van der Waals surface area contributed by atoms with Gasteiger partial charge in [0, 0.05) is 24.2 Å². The molecule has 0 bridgehead atoms. The molecule has 154 valence electrons. The van der Waals surface area contributed by atoms with E-state index in [-0.39, 0.29) is 11.8 Å². The number of hydrogen-bond donors (Lipinski definition) is 1. The molecule has 0 aliphatic carbocycles. The monoisotopic (exact) mass is 439 g/mol. The first-order chi connectivity index (χ1) is 14.5. The van der Waals surface area contributed by atoms with E-state index in [0.717, 1.165) is 48.4 Å². The lowest BCUT2D eigenvalue weighted by atomic mass is 10.0. The van der Waals surface area contributed by atoms with Crippen molar-refractivity contribution in [1.82, 2.24) is 9.88 Å². The zero-order valence-corrected chi connectivity index (χ0v) is 18.2. The summed E-state index contributed by atoms with van der Waals surface area (Å²) in [4.78, 5) is 33.1. The fourth-order valence-corrected chi connectivity index (χ4v) is 4.98. The van der Waals surface area contributed by atoms with E-state index in [1.165, 1.54) is 17.5 Å². The third kappa shape index (κ3) is 4.25. The number of carbonyl (C=O) groups is 2. The number of rotatable bonds is 4. The second kappa shape index (κ2) is 8.98. The van der Waals surface area contributed by atoms with Gasteiger partial charge >= 0.3 is 0 Å². The van der Waals surface area contributed by atoms with Gasteiger partial charge in [0.25, 0.3) is 11.8 Å². The van der Waals surface area contributed by atoms with Gasteiger partial charge in [-0.25, -0.2) is 4.98 Å². The van der Waals surface area contributed by atoms with Crippen molar-refractivity contribution in [2.45, 2.75) is 26.2 Å². The number of anilines is 1. The summed E-state index contributed by atoms with van der Waals surface area (Å²) in [7, 11) is 0. The Morgan fingerprint density at radius 3 is 2.47 bits per heavy atom. The second-order valence-corrected chi connectivity index (χ2v) is 8.71. The highest BCUT2D eigenvalue weighted by atomic mass is 35.5. The number of pyridine rings is 1. The van der Waals surface area contributed by atoms with Gasteiger partial charge in [0.1, 0.15) is 10.2 Å². The number of hydrogen-bond acceptors (Lipinski definition) is 4. The Morgan fingerprint density at radius 2 is 1.80 bits per heavy atom. The Labute approximate surface area is 184 Å². The van der Waals surface area contributed by atoms with E-state index in [0.29, 0.717) is 21.3 Å². The molecule has 1 aliphatic heterocycles. The normalized spacial score (nSPS) is 13.9. The van der Waals surface area contributed by atoms with Gasteiger partial charge in [-0.15, -0.1) is 11.3 Å². The van der Waals surface area contributed by atoms with E-state index < -0.39 is 0 Å². The number of thiophene rings is 1. The van der Waals surface area contributed by atoms with Crippen LogP contribution in [0.15, 0.2) is 48.7 Å². The standard InChI is InChI=1S/C23H22ClN3O2S/c1-15-19(23(29)27-12-6-3-7-13-27)22(30-20(15)16-8-4-2-5-9-16)26-21(28)17-10-11-18(24)25-14-17/h2,4-5,8-11,14H,3,6-7,12-13H2,1H3,(H,26,28). The minimum atomic E-state index is -0.312. The summed E-state index contributed by atoms with van der Waals surface area (Å²) in [5.74, 6) is -0.331. The Hall–Kier alpha value is -2.70. The van der Waals surface area contributed by atoms with E-state index in [1.54, 1.807) is 12.1 Å². The van der Waals surface area contributed by atoms with E-state index in [1.807, 2.05) is 42.2 Å². The maximum Gasteiger partial charge on any atom is 0.257 e. The molecule has 2 amide bonds. The van der Waals surface area contributed by atoms with Crippen molar-refractivity contribution in [3.05, 3.63) is 70.5 Å². The molecule has 0 radical (unpaired) electrons. The first kappa shape index (κ1) is 20.6. The van der Waals surface area contributed by atoms with E-state index in [2.05, 4.69) is 10.3 Å². The molecule has 2 aromatic heterocycles. The van der Waals surface area contributed by atoms with Crippen molar-refractivity contribution in [3.8, 4) is 10.4 Å². The molecule has 1 fully saturated rings. The molecule has 1 aliphatic rings. The van der Waals surface area contributed by atoms with Crippen LogP contribution in [0.2, 0.25) is 5.15 Å². The molecule has 0 unspecified atom stereocenters. The van der Waals surface area contributed by atoms with Crippen molar-refractivity contribution in [2.24, 2.45) is 0 Å². The summed E-state index contributed by atoms with van der Waals surface area (Å²) in [5.41, 5.74) is 2.90. The van der Waals surface area contributed by atoms with Gasteiger partial charge in [-0.05, 0) is 49.4 Å². The zero-order chi connectivity index (χ0) is 21.1. The van der Waals surface area contributed by atoms with Gasteiger partial charge in [-0.3, -0.25) is 9.59 Å². The molecular formula is C23H22ClN3O2S. The maximum absolute atomic E-state index is 13.4. The summed E-state index contributed by atoms with van der Waals surface area (Å²) in [6.07, 6.45) is 4.61. The van der Waals surface area contributed by atoms with Crippen LogP contribution in [0, 0.1) is 6.92 Å². The van der Waals surface area contributed by atoms with Crippen molar-refractivity contribution < 1.29 is 9.59 Å². The van der Waals surface area contributed by atoms with Crippen molar-refractivity contribution in [1.29, 1.82) is 0 Å². The summed E-state index contributed by atoms with van der Waals surface area (Å²) in [5, 5.41) is 3.84. The average molecular weight is 440 g/mol. The number of nitrogens with one attached hydrogen (secondary N) is 1. The number of halogens is 1. The third-order valence-electron chi connectivity index (χ3n) is 5.26. The first-order valence-electron chi connectivity index (χ1n) is 9.95. The fourth-order valence-electron chi connectivity index (χ4n) is 3.66. The summed E-state index contributed by atoms with van der Waals surface area (Å²) in [6, 6.07) is 13.1. The van der Waals surface area contributed by atoms with Crippen LogP contribution in [0.3, 0.4) is 0 Å². The van der Waals surface area contributed by atoms with Crippen molar-refractivity contribution in [2.75, 3.05) is 18.4 Å². The van der Waals surface area contributed by atoms with Crippen LogP contribution in [0.1, 0.15) is 45.5 Å². The highest BCUT2D eigenvalue weighted by molar-refractivity contribution is 7.20. The van der Waals surface area contributed by atoms with Gasteiger partial charge in [0.2, 0.25) is 0 Å². The highest BCUT2D eigenvalue weighted by Crippen LogP contribution is 2.41. The molecule has 5 nitrogen and oxygen atoms in total. The minimum absolute atomic E-state index is 0.0184. The molecule has 1 N–H and O–H groups in total. The number of benzene rings is 1.